The molecule has 1 aromatic carbocycles. The maximum Gasteiger partial charge on any atom is 0.379 e. The number of ether oxygens (including phenoxy) is 2. The molecule has 134 valence electrons. The van der Waals surface area contributed by atoms with Crippen molar-refractivity contribution in [3.63, 3.8) is 0 Å². The molecule has 2 aliphatic rings. The summed E-state index contributed by atoms with van der Waals surface area (Å²) >= 11 is 0. The van der Waals surface area contributed by atoms with Crippen molar-refractivity contribution in [2.24, 2.45) is 5.41 Å². The molecular weight excluding hydrogens is 320 g/mol. The Hall–Kier alpha value is -2.14. The van der Waals surface area contributed by atoms with E-state index >= 15 is 0 Å². The molecule has 1 N–H and O–H groups in total. The van der Waals surface area contributed by atoms with Gasteiger partial charge in [-0.25, -0.2) is 4.79 Å². The summed E-state index contributed by atoms with van der Waals surface area (Å²) in [6.45, 7) is 5.94. The van der Waals surface area contributed by atoms with Gasteiger partial charge in [-0.2, -0.15) is 0 Å². The van der Waals surface area contributed by atoms with Gasteiger partial charge in [0.05, 0.1) is 7.11 Å². The van der Waals surface area contributed by atoms with Crippen LogP contribution in [0.15, 0.2) is 35.6 Å². The van der Waals surface area contributed by atoms with Crippen LogP contribution in [0.2, 0.25) is 0 Å². The van der Waals surface area contributed by atoms with Gasteiger partial charge in [0.15, 0.2) is 5.78 Å². The zero-order chi connectivity index (χ0) is 18.4. The molecule has 0 amide bonds. The summed E-state index contributed by atoms with van der Waals surface area (Å²) in [5, 5.41) is 10.8. The third-order valence-electron chi connectivity index (χ3n) is 4.98. The van der Waals surface area contributed by atoms with Gasteiger partial charge in [-0.1, -0.05) is 43.7 Å². The first-order chi connectivity index (χ1) is 11.6. The molecule has 0 aromatic heterocycles. The molecule has 3 rings (SSSR count). The summed E-state index contributed by atoms with van der Waals surface area (Å²) in [5.74, 6) is -2.88. The summed E-state index contributed by atoms with van der Waals surface area (Å²) in [4.78, 5) is 24.9. The summed E-state index contributed by atoms with van der Waals surface area (Å²) < 4.78 is 10.4. The molecule has 5 nitrogen and oxygen atoms in total. The van der Waals surface area contributed by atoms with Crippen molar-refractivity contribution >= 4 is 11.8 Å². The molecule has 0 fully saturated rings. The zero-order valence-electron chi connectivity index (χ0n) is 15.1. The van der Waals surface area contributed by atoms with Gasteiger partial charge in [-0.05, 0) is 17.9 Å². The predicted octanol–water partition coefficient (Wildman–Crippen LogP) is 3.00. The van der Waals surface area contributed by atoms with E-state index in [0.29, 0.717) is 24.2 Å². The minimum atomic E-state index is -2.07. The summed E-state index contributed by atoms with van der Waals surface area (Å²) in [5.41, 5.74) is 2.29. The molecule has 0 spiro atoms. The van der Waals surface area contributed by atoms with Crippen LogP contribution in [-0.4, -0.2) is 29.8 Å². The van der Waals surface area contributed by atoms with Crippen LogP contribution < -0.4 is 0 Å². The Morgan fingerprint density at radius 1 is 1.24 bits per heavy atom. The molecule has 0 radical (unpaired) electrons. The Morgan fingerprint density at radius 2 is 1.88 bits per heavy atom. The summed E-state index contributed by atoms with van der Waals surface area (Å²) in [6.07, 6.45) is 0.887. The zero-order valence-corrected chi connectivity index (χ0v) is 15.1. The highest BCUT2D eigenvalue weighted by Crippen LogP contribution is 2.49. The summed E-state index contributed by atoms with van der Waals surface area (Å²) in [6, 6.07) is 7.78. The van der Waals surface area contributed by atoms with E-state index in [2.05, 4.69) is 0 Å². The quantitative estimate of drug-likeness (QED) is 0.835. The molecule has 1 aromatic rings. The number of hydrogen-bond acceptors (Lipinski definition) is 5. The second-order valence-electron chi connectivity index (χ2n) is 7.82. The third-order valence-corrected chi connectivity index (χ3v) is 4.98. The van der Waals surface area contributed by atoms with Gasteiger partial charge in [-0.15, -0.1) is 0 Å². The van der Waals surface area contributed by atoms with Crippen molar-refractivity contribution in [1.29, 1.82) is 0 Å². The van der Waals surface area contributed by atoms with Crippen LogP contribution in [0.5, 0.6) is 0 Å². The number of ketones is 1. The number of esters is 1. The van der Waals surface area contributed by atoms with E-state index in [1.165, 1.54) is 7.11 Å². The molecule has 1 aliphatic carbocycles. The maximum absolute atomic E-state index is 12.8. The van der Waals surface area contributed by atoms with E-state index in [-0.39, 0.29) is 17.6 Å². The first-order valence-electron chi connectivity index (χ1n) is 8.48. The lowest BCUT2D eigenvalue weighted by molar-refractivity contribution is -0.223. The lowest BCUT2D eigenvalue weighted by Gasteiger charge is -2.42. The van der Waals surface area contributed by atoms with Crippen molar-refractivity contribution in [3.8, 4) is 0 Å². The number of Topliss-reactive ketones (excluding diaryl/α,β-unsaturated/α-hetero) is 1. The minimum absolute atomic E-state index is 0.0174. The van der Waals surface area contributed by atoms with Crippen molar-refractivity contribution in [2.75, 3.05) is 7.11 Å². The number of allylic oxidation sites excluding steroid dienone is 2. The normalized spacial score (nSPS) is 28.2. The van der Waals surface area contributed by atoms with Gasteiger partial charge in [0.25, 0.3) is 0 Å². The van der Waals surface area contributed by atoms with Gasteiger partial charge < -0.3 is 14.6 Å². The number of methoxy groups -OCH3 is 1. The second kappa shape index (κ2) is 5.99. The number of aliphatic hydroxyl groups is 1. The van der Waals surface area contributed by atoms with E-state index in [0.717, 1.165) is 11.1 Å². The number of benzene rings is 1. The minimum Gasteiger partial charge on any atom is -0.464 e. The fourth-order valence-corrected chi connectivity index (χ4v) is 3.75. The Balaban J connectivity index is 2.11. The van der Waals surface area contributed by atoms with E-state index in [9.17, 15) is 14.7 Å². The monoisotopic (exact) mass is 344 g/mol. The molecule has 25 heavy (non-hydrogen) atoms. The highest BCUT2D eigenvalue weighted by molar-refractivity contribution is 5.99. The van der Waals surface area contributed by atoms with E-state index in [4.69, 9.17) is 9.47 Å². The third kappa shape index (κ3) is 3.21. The van der Waals surface area contributed by atoms with E-state index in [1.54, 1.807) is 0 Å². The van der Waals surface area contributed by atoms with Crippen LogP contribution in [0, 0.1) is 12.3 Å². The highest BCUT2D eigenvalue weighted by atomic mass is 16.7. The second-order valence-corrected chi connectivity index (χ2v) is 7.82. The summed E-state index contributed by atoms with van der Waals surface area (Å²) in [7, 11) is 1.21. The number of hydrogen-bond donors (Lipinski definition) is 1. The average molecular weight is 344 g/mol. The van der Waals surface area contributed by atoms with Crippen LogP contribution in [-0.2, 0) is 19.1 Å². The van der Waals surface area contributed by atoms with Gasteiger partial charge >= 0.3 is 11.8 Å². The first kappa shape index (κ1) is 17.7. The Bertz CT molecular complexity index is 744. The van der Waals surface area contributed by atoms with Crippen LogP contribution in [0.3, 0.4) is 0 Å². The molecule has 0 bridgehead atoms. The molecule has 0 saturated heterocycles. The highest BCUT2D eigenvalue weighted by Gasteiger charge is 2.52. The molecule has 1 heterocycles. The first-order valence-corrected chi connectivity index (χ1v) is 8.48. The maximum atomic E-state index is 12.8. The fraction of sp³-hybridized carbons (Fsp3) is 0.500. The van der Waals surface area contributed by atoms with E-state index < -0.39 is 17.7 Å². The number of carbonyl (C=O) groups excluding carboxylic acids is 2. The van der Waals surface area contributed by atoms with Gasteiger partial charge in [0.1, 0.15) is 5.76 Å². The largest absolute Gasteiger partial charge is 0.464 e. The number of carbonyl (C=O) groups is 2. The predicted molar refractivity (Wildman–Crippen MR) is 91.6 cm³/mol. The van der Waals surface area contributed by atoms with Gasteiger partial charge in [0.2, 0.25) is 0 Å². The number of aryl methyl sites for hydroxylation is 1. The lowest BCUT2D eigenvalue weighted by atomic mass is 9.70. The molecular formula is C20H24O5. The number of rotatable bonds is 2. The Morgan fingerprint density at radius 3 is 2.48 bits per heavy atom. The molecule has 1 aliphatic heterocycles. The standard InChI is InChI=1S/C20H24O5/c1-12-5-7-13(8-6-12)14-9-20(23,18(22)24-4)25-16-11-19(2,3)10-15(21)17(14)16/h5-8,14,23H,9-11H2,1-4H3/t14-,20?/m1/s1. The van der Waals surface area contributed by atoms with Crippen LogP contribution >= 0.6 is 0 Å². The fourth-order valence-electron chi connectivity index (χ4n) is 3.75. The van der Waals surface area contributed by atoms with Crippen molar-refractivity contribution in [1.82, 2.24) is 0 Å². The van der Waals surface area contributed by atoms with E-state index in [1.807, 2.05) is 45.0 Å². The van der Waals surface area contributed by atoms with Crippen LogP contribution in [0.25, 0.3) is 0 Å². The molecule has 1 unspecified atom stereocenters. The lowest BCUT2D eigenvalue weighted by Crippen LogP contribution is -2.48. The van der Waals surface area contributed by atoms with Crippen LogP contribution in [0.1, 0.15) is 50.2 Å². The Labute approximate surface area is 147 Å². The topological polar surface area (TPSA) is 72.8 Å². The van der Waals surface area contributed by atoms with Crippen molar-refractivity contribution < 1.29 is 24.2 Å². The average Bonchev–Trinajstić information content (AvgIpc) is 2.52. The van der Waals surface area contributed by atoms with Gasteiger partial charge in [0, 0.05) is 30.8 Å². The van der Waals surface area contributed by atoms with Crippen molar-refractivity contribution in [2.45, 2.75) is 51.7 Å². The smallest absolute Gasteiger partial charge is 0.379 e. The van der Waals surface area contributed by atoms with Crippen LogP contribution in [0.4, 0.5) is 0 Å². The molecule has 5 heteroatoms. The van der Waals surface area contributed by atoms with Gasteiger partial charge in [-0.3, -0.25) is 4.79 Å². The van der Waals surface area contributed by atoms with Crippen molar-refractivity contribution in [3.05, 3.63) is 46.7 Å². The molecule has 2 atom stereocenters. The molecule has 0 saturated carbocycles. The Kier molecular flexibility index (Phi) is 4.23. The SMILES string of the molecule is COC(=O)C1(O)C[C@H](c2ccc(C)cc2)C2=C(CC(C)(C)CC2=O)O1.